The number of aromatic nitrogens is 2. The number of hydrogen-bond acceptors (Lipinski definition) is 3. The molecule has 0 amide bonds. The van der Waals surface area contributed by atoms with E-state index in [-0.39, 0.29) is 11.3 Å². The van der Waals surface area contributed by atoms with Crippen LogP contribution in [0.4, 0.5) is 0 Å². The molecule has 1 heterocycles. The number of benzene rings is 3. The van der Waals surface area contributed by atoms with Crippen molar-refractivity contribution in [3.8, 4) is 22.8 Å². The molecule has 0 aliphatic carbocycles. The fraction of sp³-hybridized carbons (Fsp3) is 0. The van der Waals surface area contributed by atoms with Gasteiger partial charge in [-0.05, 0) is 42.5 Å². The zero-order valence-electron chi connectivity index (χ0n) is 13.4. The topological polar surface area (TPSA) is 55.1 Å². The molecule has 4 aromatic rings. The van der Waals surface area contributed by atoms with Gasteiger partial charge in [-0.2, -0.15) is 0 Å². The molecule has 4 rings (SSSR count). The molecule has 3 aromatic carbocycles. The van der Waals surface area contributed by atoms with Crippen molar-refractivity contribution in [2.75, 3.05) is 0 Å². The molecule has 4 nitrogen and oxygen atoms in total. The Hall–Kier alpha value is -2.82. The first kappa shape index (κ1) is 16.6. The van der Waals surface area contributed by atoms with Gasteiger partial charge in [0.15, 0.2) is 0 Å². The third-order valence-corrected chi connectivity index (χ3v) is 4.62. The molecule has 0 bridgehead atoms. The van der Waals surface area contributed by atoms with Crippen molar-refractivity contribution in [2.45, 2.75) is 0 Å². The number of para-hydroxylation sites is 3. The molecule has 0 radical (unpaired) electrons. The van der Waals surface area contributed by atoms with Crippen LogP contribution in [0.25, 0.3) is 28.0 Å². The summed E-state index contributed by atoms with van der Waals surface area (Å²) in [6.07, 6.45) is 0. The van der Waals surface area contributed by atoms with Crippen LogP contribution < -0.4 is 5.56 Å². The number of nitrogens with zero attached hydrogens (tertiary/aromatic N) is 2. The van der Waals surface area contributed by atoms with Gasteiger partial charge in [0.25, 0.3) is 5.56 Å². The van der Waals surface area contributed by atoms with E-state index in [9.17, 15) is 9.90 Å². The Kier molecular flexibility index (Phi) is 4.15. The summed E-state index contributed by atoms with van der Waals surface area (Å²) >= 11 is 12.4. The Balaban J connectivity index is 2.16. The lowest BCUT2D eigenvalue weighted by Crippen LogP contribution is -2.22. The Morgan fingerprint density at radius 2 is 1.65 bits per heavy atom. The van der Waals surface area contributed by atoms with Gasteiger partial charge < -0.3 is 5.11 Å². The van der Waals surface area contributed by atoms with E-state index in [1.807, 2.05) is 6.07 Å². The van der Waals surface area contributed by atoms with Crippen LogP contribution in [-0.2, 0) is 0 Å². The molecule has 0 aliphatic heterocycles. The highest BCUT2D eigenvalue weighted by molar-refractivity contribution is 6.36. The summed E-state index contributed by atoms with van der Waals surface area (Å²) < 4.78 is 1.37. The second-order valence-electron chi connectivity index (χ2n) is 5.71. The molecule has 0 saturated carbocycles. The zero-order valence-corrected chi connectivity index (χ0v) is 14.9. The highest BCUT2D eigenvalue weighted by Gasteiger charge is 2.18. The molecule has 0 spiro atoms. The Bertz CT molecular complexity index is 1200. The summed E-state index contributed by atoms with van der Waals surface area (Å²) in [6.45, 7) is 0. The number of aromatic hydroxyl groups is 1. The minimum absolute atomic E-state index is 0.0296. The van der Waals surface area contributed by atoms with E-state index in [2.05, 4.69) is 4.98 Å². The summed E-state index contributed by atoms with van der Waals surface area (Å²) in [4.78, 5) is 17.8. The standard InChI is InChI=1S/C20H12Cl2N2O2/c21-12-9-10-13(15(22)11-12)19-23-16-6-2-1-5-14(16)20(26)24(19)17-7-3-4-8-18(17)25/h1-11,25H. The van der Waals surface area contributed by atoms with Gasteiger partial charge in [-0.3, -0.25) is 9.36 Å². The van der Waals surface area contributed by atoms with Crippen LogP contribution in [0.3, 0.4) is 0 Å². The van der Waals surface area contributed by atoms with E-state index < -0.39 is 0 Å². The molecule has 26 heavy (non-hydrogen) atoms. The molecular formula is C20H12Cl2N2O2. The summed E-state index contributed by atoms with van der Waals surface area (Å²) in [6, 6.07) is 18.6. The monoisotopic (exact) mass is 382 g/mol. The second kappa shape index (κ2) is 6.48. The van der Waals surface area contributed by atoms with Gasteiger partial charge in [-0.25, -0.2) is 4.98 Å². The summed E-state index contributed by atoms with van der Waals surface area (Å²) in [5.74, 6) is 0.301. The van der Waals surface area contributed by atoms with Crippen LogP contribution in [0, 0.1) is 0 Å². The van der Waals surface area contributed by atoms with Gasteiger partial charge >= 0.3 is 0 Å². The third-order valence-electron chi connectivity index (χ3n) is 4.07. The van der Waals surface area contributed by atoms with E-state index in [0.717, 1.165) is 0 Å². The maximum atomic E-state index is 13.2. The Morgan fingerprint density at radius 1 is 0.923 bits per heavy atom. The maximum absolute atomic E-state index is 13.2. The summed E-state index contributed by atoms with van der Waals surface area (Å²) in [7, 11) is 0. The van der Waals surface area contributed by atoms with Gasteiger partial charge in [0.2, 0.25) is 0 Å². The molecule has 6 heteroatoms. The van der Waals surface area contributed by atoms with Gasteiger partial charge in [-0.1, -0.05) is 47.5 Å². The van der Waals surface area contributed by atoms with Gasteiger partial charge in [-0.15, -0.1) is 0 Å². The van der Waals surface area contributed by atoms with E-state index >= 15 is 0 Å². The average Bonchev–Trinajstić information content (AvgIpc) is 2.63. The van der Waals surface area contributed by atoms with Gasteiger partial charge in [0.1, 0.15) is 11.6 Å². The van der Waals surface area contributed by atoms with Crippen molar-refractivity contribution in [1.82, 2.24) is 9.55 Å². The molecule has 0 atom stereocenters. The van der Waals surface area contributed by atoms with E-state index in [1.165, 1.54) is 10.6 Å². The Labute approximate surface area is 158 Å². The lowest BCUT2D eigenvalue weighted by molar-refractivity contribution is 0.472. The van der Waals surface area contributed by atoms with Gasteiger partial charge in [0.05, 0.1) is 21.6 Å². The summed E-state index contributed by atoms with van der Waals surface area (Å²) in [5.41, 5.74) is 1.13. The minimum atomic E-state index is -0.293. The molecule has 0 fully saturated rings. The van der Waals surface area contributed by atoms with E-state index in [4.69, 9.17) is 23.2 Å². The molecule has 1 N–H and O–H groups in total. The maximum Gasteiger partial charge on any atom is 0.266 e. The largest absolute Gasteiger partial charge is 0.506 e. The molecule has 0 saturated heterocycles. The summed E-state index contributed by atoms with van der Waals surface area (Å²) in [5, 5.41) is 11.6. The lowest BCUT2D eigenvalue weighted by Gasteiger charge is -2.15. The molecule has 128 valence electrons. The predicted octanol–water partition coefficient (Wildman–Crippen LogP) is 5.07. The van der Waals surface area contributed by atoms with Crippen molar-refractivity contribution < 1.29 is 5.11 Å². The van der Waals surface area contributed by atoms with Crippen LogP contribution >= 0.6 is 23.2 Å². The first-order chi connectivity index (χ1) is 12.6. The molecule has 0 unspecified atom stereocenters. The predicted molar refractivity (Wildman–Crippen MR) is 104 cm³/mol. The fourth-order valence-electron chi connectivity index (χ4n) is 2.86. The third kappa shape index (κ3) is 2.73. The molecule has 0 aliphatic rings. The first-order valence-corrected chi connectivity index (χ1v) is 8.57. The lowest BCUT2D eigenvalue weighted by atomic mass is 10.1. The normalized spacial score (nSPS) is 11.0. The minimum Gasteiger partial charge on any atom is -0.506 e. The SMILES string of the molecule is O=c1c2ccccc2nc(-c2ccc(Cl)cc2Cl)n1-c1ccccc1O. The van der Waals surface area contributed by atoms with Crippen molar-refractivity contribution in [2.24, 2.45) is 0 Å². The van der Waals surface area contributed by atoms with Crippen molar-refractivity contribution in [1.29, 1.82) is 0 Å². The van der Waals surface area contributed by atoms with E-state index in [1.54, 1.807) is 54.6 Å². The van der Waals surface area contributed by atoms with E-state index in [0.29, 0.717) is 38.0 Å². The van der Waals surface area contributed by atoms with Crippen LogP contribution in [0.15, 0.2) is 71.5 Å². The quantitative estimate of drug-likeness (QED) is 0.526. The number of fused-ring (bicyclic) bond motifs is 1. The number of phenols is 1. The first-order valence-electron chi connectivity index (χ1n) is 7.82. The zero-order chi connectivity index (χ0) is 18.3. The van der Waals surface area contributed by atoms with Crippen LogP contribution in [0.2, 0.25) is 10.0 Å². The fourth-order valence-corrected chi connectivity index (χ4v) is 3.35. The molecule has 1 aromatic heterocycles. The number of halogens is 2. The second-order valence-corrected chi connectivity index (χ2v) is 6.55. The smallest absolute Gasteiger partial charge is 0.266 e. The molecular weight excluding hydrogens is 371 g/mol. The highest BCUT2D eigenvalue weighted by atomic mass is 35.5. The highest BCUT2D eigenvalue weighted by Crippen LogP contribution is 2.32. The average molecular weight is 383 g/mol. The van der Waals surface area contributed by atoms with Crippen molar-refractivity contribution in [3.63, 3.8) is 0 Å². The van der Waals surface area contributed by atoms with Crippen molar-refractivity contribution in [3.05, 3.63) is 87.1 Å². The number of phenolic OH excluding ortho intramolecular Hbond substituents is 1. The van der Waals surface area contributed by atoms with Gasteiger partial charge in [0, 0.05) is 10.6 Å². The van der Waals surface area contributed by atoms with Crippen LogP contribution in [-0.4, -0.2) is 14.7 Å². The number of hydrogen-bond donors (Lipinski definition) is 1. The Morgan fingerprint density at radius 3 is 2.42 bits per heavy atom. The van der Waals surface area contributed by atoms with Crippen LogP contribution in [0.5, 0.6) is 5.75 Å². The number of rotatable bonds is 2. The van der Waals surface area contributed by atoms with Crippen molar-refractivity contribution >= 4 is 34.1 Å². The van der Waals surface area contributed by atoms with Crippen LogP contribution in [0.1, 0.15) is 0 Å².